The van der Waals surface area contributed by atoms with Gasteiger partial charge in [-0.1, -0.05) is 19.1 Å². The molecule has 0 unspecified atom stereocenters. The van der Waals surface area contributed by atoms with Crippen LogP contribution in [0.25, 0.3) is 0 Å². The number of fused-ring (bicyclic) bond motifs is 1. The van der Waals surface area contributed by atoms with Gasteiger partial charge in [0.2, 0.25) is 5.91 Å². The predicted molar refractivity (Wildman–Crippen MR) is 79.7 cm³/mol. The fraction of sp³-hybridized carbons (Fsp3) is 0.176. The zero-order valence-electron chi connectivity index (χ0n) is 12.2. The third-order valence-corrected chi connectivity index (χ3v) is 3.02. The summed E-state index contributed by atoms with van der Waals surface area (Å²) in [4.78, 5) is 21.0. The summed E-state index contributed by atoms with van der Waals surface area (Å²) in [5.41, 5.74) is 3.07. The van der Waals surface area contributed by atoms with Gasteiger partial charge in [0.1, 0.15) is 0 Å². The summed E-state index contributed by atoms with van der Waals surface area (Å²) < 4.78 is 4.58. The summed E-state index contributed by atoms with van der Waals surface area (Å²) in [6, 6.07) is 15.9. The molecule has 2 aromatic rings. The first-order valence-electron chi connectivity index (χ1n) is 6.58. The molecule has 0 aromatic heterocycles. The second-order valence-electron chi connectivity index (χ2n) is 4.63. The SMILES string of the molecule is Cc1cc[c-]cc1.O=[C-]Oc1ccc2c(c1)CCC(=O)N2.[Th+2]. The summed E-state index contributed by atoms with van der Waals surface area (Å²) in [5.74, 6) is 0.475. The molecule has 1 aliphatic rings. The summed E-state index contributed by atoms with van der Waals surface area (Å²) >= 11 is 0. The molecular formula is C17H15NO3Th. The van der Waals surface area contributed by atoms with Gasteiger partial charge in [-0.3, -0.25) is 4.79 Å². The van der Waals surface area contributed by atoms with Crippen LogP contribution >= 0.6 is 0 Å². The molecule has 0 saturated carbocycles. The molecule has 0 saturated heterocycles. The predicted octanol–water partition coefficient (Wildman–Crippen LogP) is 2.81. The number of carbonyl (C=O) groups is 1. The summed E-state index contributed by atoms with van der Waals surface area (Å²) in [6.07, 6.45) is 1.15. The first-order chi connectivity index (χ1) is 10.2. The molecule has 0 fully saturated rings. The Morgan fingerprint density at radius 3 is 2.50 bits per heavy atom. The Balaban J connectivity index is 0.000000258. The minimum Gasteiger partial charge on any atom is -0.610 e. The van der Waals surface area contributed by atoms with E-state index in [2.05, 4.69) is 23.0 Å². The van der Waals surface area contributed by atoms with Gasteiger partial charge in [0, 0.05) is 12.1 Å². The van der Waals surface area contributed by atoms with E-state index in [0.717, 1.165) is 11.3 Å². The molecule has 1 N–H and O–H groups in total. The van der Waals surface area contributed by atoms with Crippen molar-refractivity contribution in [2.75, 3.05) is 5.32 Å². The van der Waals surface area contributed by atoms with Crippen molar-refractivity contribution in [1.29, 1.82) is 0 Å². The third-order valence-electron chi connectivity index (χ3n) is 3.02. The van der Waals surface area contributed by atoms with Crippen LogP contribution in [0.1, 0.15) is 17.5 Å². The van der Waals surface area contributed by atoms with Crippen LogP contribution in [0.4, 0.5) is 5.69 Å². The molecule has 0 radical (unpaired) electrons. The van der Waals surface area contributed by atoms with Crippen LogP contribution in [0.5, 0.6) is 5.75 Å². The third kappa shape index (κ3) is 5.83. The van der Waals surface area contributed by atoms with Crippen molar-refractivity contribution in [3.05, 3.63) is 59.7 Å². The van der Waals surface area contributed by atoms with Gasteiger partial charge in [0.25, 0.3) is 0 Å². The van der Waals surface area contributed by atoms with Crippen molar-refractivity contribution in [1.82, 2.24) is 0 Å². The van der Waals surface area contributed by atoms with Gasteiger partial charge in [0.05, 0.1) is 0 Å². The van der Waals surface area contributed by atoms with E-state index in [4.69, 9.17) is 0 Å². The standard InChI is InChI=1S/C10H8NO3.C7H7.Th/c12-6-14-8-2-3-9-7(5-8)1-4-10(13)11-9;1-7-5-3-2-4-6-7;/h2-3,5H,1,4H2,(H,11,13);3-6H,1H3;/q2*-1;+2. The van der Waals surface area contributed by atoms with Crippen LogP contribution in [-0.2, 0) is 16.0 Å². The van der Waals surface area contributed by atoms with Crippen LogP contribution in [0, 0.1) is 52.9 Å². The molecule has 4 nitrogen and oxygen atoms in total. The molecule has 1 amide bonds. The number of carbonyl (C=O) groups excluding carboxylic acids is 2. The molecule has 0 aliphatic carbocycles. The summed E-state index contributed by atoms with van der Waals surface area (Å²) in [7, 11) is 0. The van der Waals surface area contributed by atoms with Crippen LogP contribution in [0.2, 0.25) is 0 Å². The largest absolute Gasteiger partial charge is 2.00 e. The van der Waals surface area contributed by atoms with Crippen LogP contribution in [-0.4, -0.2) is 12.4 Å². The Labute approximate surface area is 161 Å². The molecule has 3 rings (SSSR count). The number of benzene rings is 2. The first kappa shape index (κ1) is 18.8. The smallest absolute Gasteiger partial charge is 0.610 e. The van der Waals surface area contributed by atoms with Crippen molar-refractivity contribution in [2.45, 2.75) is 19.8 Å². The number of hydrogen-bond donors (Lipinski definition) is 1. The number of amides is 1. The maximum Gasteiger partial charge on any atom is 2.00 e. The number of anilines is 1. The van der Waals surface area contributed by atoms with Crippen molar-refractivity contribution in [2.24, 2.45) is 0 Å². The fourth-order valence-electron chi connectivity index (χ4n) is 1.94. The van der Waals surface area contributed by atoms with E-state index in [1.807, 2.05) is 24.3 Å². The minimum atomic E-state index is 0. The van der Waals surface area contributed by atoms with E-state index in [-0.39, 0.29) is 45.8 Å². The number of nitrogens with one attached hydrogen (secondary N) is 1. The molecule has 1 heterocycles. The quantitative estimate of drug-likeness (QED) is 0.629. The average molecular weight is 513 g/mol. The topological polar surface area (TPSA) is 55.4 Å². The number of rotatable bonds is 2. The van der Waals surface area contributed by atoms with Gasteiger partial charge in [-0.25, -0.2) is 0 Å². The van der Waals surface area contributed by atoms with Crippen LogP contribution in [0.15, 0.2) is 42.5 Å². The second kappa shape index (κ2) is 9.67. The van der Waals surface area contributed by atoms with E-state index in [0.29, 0.717) is 18.6 Å². The van der Waals surface area contributed by atoms with Crippen molar-refractivity contribution < 1.29 is 54.3 Å². The van der Waals surface area contributed by atoms with Crippen LogP contribution < -0.4 is 10.1 Å². The van der Waals surface area contributed by atoms with E-state index < -0.39 is 0 Å². The second-order valence-corrected chi connectivity index (χ2v) is 4.63. The maximum atomic E-state index is 11.0. The van der Waals surface area contributed by atoms with Gasteiger partial charge in [-0.15, -0.1) is 6.07 Å². The number of ether oxygens (including phenoxy) is 1. The normalized spacial score (nSPS) is 11.8. The molecule has 0 spiro atoms. The molecular weight excluding hydrogens is 498 g/mol. The summed E-state index contributed by atoms with van der Waals surface area (Å²) in [6.45, 7) is 3.43. The molecule has 110 valence electrons. The van der Waals surface area contributed by atoms with E-state index in [1.165, 1.54) is 12.0 Å². The number of hydrogen-bond acceptors (Lipinski definition) is 3. The van der Waals surface area contributed by atoms with Crippen molar-refractivity contribution >= 4 is 18.1 Å². The summed E-state index contributed by atoms with van der Waals surface area (Å²) in [5, 5.41) is 2.74. The zero-order valence-corrected chi connectivity index (χ0v) is 16.3. The number of aryl methyl sites for hydroxylation is 2. The maximum absolute atomic E-state index is 11.0. The minimum absolute atomic E-state index is 0. The Bertz CT molecular complexity index is 629. The Hall–Kier alpha value is -1.30. The molecule has 0 bridgehead atoms. The first-order valence-corrected chi connectivity index (χ1v) is 6.58. The van der Waals surface area contributed by atoms with Gasteiger partial charge in [0.15, 0.2) is 6.47 Å². The Morgan fingerprint density at radius 2 is 1.91 bits per heavy atom. The zero-order chi connectivity index (χ0) is 15.1. The van der Waals surface area contributed by atoms with E-state index >= 15 is 0 Å². The van der Waals surface area contributed by atoms with Crippen molar-refractivity contribution in [3.8, 4) is 5.75 Å². The van der Waals surface area contributed by atoms with Gasteiger partial charge < -0.3 is 14.8 Å². The molecule has 0 atom stereocenters. The van der Waals surface area contributed by atoms with Gasteiger partial charge >= 0.3 is 39.9 Å². The molecule has 5 heteroatoms. The average Bonchev–Trinajstić information content (AvgIpc) is 2.49. The Morgan fingerprint density at radius 1 is 1.18 bits per heavy atom. The van der Waals surface area contributed by atoms with Crippen molar-refractivity contribution in [3.63, 3.8) is 0 Å². The van der Waals surface area contributed by atoms with E-state index in [9.17, 15) is 9.59 Å². The van der Waals surface area contributed by atoms with E-state index in [1.54, 1.807) is 18.2 Å². The Kier molecular flexibility index (Phi) is 8.24. The fourth-order valence-corrected chi connectivity index (χ4v) is 1.94. The van der Waals surface area contributed by atoms with Gasteiger partial charge in [-0.2, -0.15) is 35.9 Å². The monoisotopic (exact) mass is 513 g/mol. The van der Waals surface area contributed by atoms with Gasteiger partial charge in [-0.05, 0) is 17.7 Å². The molecule has 2 aromatic carbocycles. The van der Waals surface area contributed by atoms with Crippen LogP contribution in [0.3, 0.4) is 0 Å². The molecule has 1 aliphatic heterocycles. The molecule has 22 heavy (non-hydrogen) atoms.